The molecule has 0 aliphatic heterocycles. The molecule has 16 heavy (non-hydrogen) atoms. The molecule has 0 atom stereocenters. The maximum Gasteiger partial charge on any atom is 0.261 e. The van der Waals surface area contributed by atoms with Gasteiger partial charge in [-0.3, -0.25) is 9.89 Å². The molecule has 7 heteroatoms. The Bertz CT molecular complexity index is 566. The molecule has 2 rings (SSSR count). The molecule has 0 aliphatic rings. The summed E-state index contributed by atoms with van der Waals surface area (Å²) in [6.07, 6.45) is 2.61. The number of nitrogens with one attached hydrogen (secondary N) is 2. The fraction of sp³-hybridized carbons (Fsp3) is 0. The van der Waals surface area contributed by atoms with Crippen molar-refractivity contribution in [2.24, 2.45) is 0 Å². The summed E-state index contributed by atoms with van der Waals surface area (Å²) in [7, 11) is 0. The topological polar surface area (TPSA) is 94.7 Å². The Kier molecular flexibility index (Phi) is 2.62. The predicted octanol–water partition coefficient (Wildman–Crippen LogP) is 1.78. The van der Waals surface area contributed by atoms with E-state index in [-0.39, 0.29) is 22.2 Å². The van der Waals surface area contributed by atoms with Crippen molar-refractivity contribution < 1.29 is 9.21 Å². The average molecular weight is 237 g/mol. The van der Waals surface area contributed by atoms with Crippen LogP contribution in [0.5, 0.6) is 0 Å². The number of furan rings is 1. The molecule has 0 aliphatic carbocycles. The Morgan fingerprint density at radius 2 is 2.50 bits per heavy atom. The fourth-order valence-corrected chi connectivity index (χ4v) is 1.30. The quantitative estimate of drug-likeness (QED) is 0.831. The summed E-state index contributed by atoms with van der Waals surface area (Å²) in [6.45, 7) is 0. The van der Waals surface area contributed by atoms with Crippen molar-refractivity contribution in [3.8, 4) is 6.07 Å². The molecule has 0 radical (unpaired) electrons. The van der Waals surface area contributed by atoms with Crippen LogP contribution in [0.15, 0.2) is 22.9 Å². The highest BCUT2D eigenvalue weighted by atomic mass is 35.5. The zero-order valence-corrected chi connectivity index (χ0v) is 8.58. The standard InChI is InChI=1S/C9H5ClN4O2/c10-7-6(1-2-16-7)9(15)13-8-5(3-11)4-12-14-8/h1-2,4H,(H2,12,13,14,15). The largest absolute Gasteiger partial charge is 0.452 e. The lowest BCUT2D eigenvalue weighted by atomic mass is 10.3. The number of carbonyl (C=O) groups is 1. The maximum atomic E-state index is 11.6. The van der Waals surface area contributed by atoms with E-state index in [2.05, 4.69) is 15.5 Å². The summed E-state index contributed by atoms with van der Waals surface area (Å²) >= 11 is 5.63. The molecule has 2 heterocycles. The Balaban J connectivity index is 2.21. The summed E-state index contributed by atoms with van der Waals surface area (Å²) in [4.78, 5) is 11.6. The first-order chi connectivity index (χ1) is 7.72. The maximum absolute atomic E-state index is 11.6. The van der Waals surface area contributed by atoms with Crippen LogP contribution in [0.25, 0.3) is 0 Å². The Hall–Kier alpha value is -2.26. The molecule has 0 saturated heterocycles. The molecule has 0 fully saturated rings. The minimum atomic E-state index is -0.473. The van der Waals surface area contributed by atoms with E-state index in [0.717, 1.165) is 0 Å². The van der Waals surface area contributed by atoms with Gasteiger partial charge in [-0.25, -0.2) is 0 Å². The van der Waals surface area contributed by atoms with Crippen molar-refractivity contribution in [3.63, 3.8) is 0 Å². The molecule has 0 unspecified atom stereocenters. The van der Waals surface area contributed by atoms with Crippen molar-refractivity contribution in [2.75, 3.05) is 5.32 Å². The van der Waals surface area contributed by atoms with Crippen LogP contribution < -0.4 is 5.32 Å². The van der Waals surface area contributed by atoms with E-state index in [0.29, 0.717) is 0 Å². The summed E-state index contributed by atoms with van der Waals surface area (Å²) in [5, 5.41) is 17.3. The van der Waals surface area contributed by atoms with Crippen LogP contribution in [-0.4, -0.2) is 16.1 Å². The van der Waals surface area contributed by atoms with Gasteiger partial charge in [0.2, 0.25) is 5.22 Å². The van der Waals surface area contributed by atoms with Gasteiger partial charge >= 0.3 is 0 Å². The Morgan fingerprint density at radius 3 is 3.12 bits per heavy atom. The number of rotatable bonds is 2. The Labute approximate surface area is 94.8 Å². The molecule has 0 bridgehead atoms. The van der Waals surface area contributed by atoms with Gasteiger partial charge in [0.15, 0.2) is 0 Å². The highest BCUT2D eigenvalue weighted by Crippen LogP contribution is 2.18. The first kappa shape index (κ1) is 10.3. The van der Waals surface area contributed by atoms with Crippen LogP contribution in [0.4, 0.5) is 5.82 Å². The molecule has 1 amide bonds. The third-order valence-corrected chi connectivity index (χ3v) is 2.15. The summed E-state index contributed by atoms with van der Waals surface area (Å²) in [5.74, 6) is -0.246. The van der Waals surface area contributed by atoms with E-state index in [1.165, 1.54) is 18.5 Å². The van der Waals surface area contributed by atoms with Gasteiger partial charge in [0, 0.05) is 0 Å². The molecule has 0 saturated carbocycles. The smallest absolute Gasteiger partial charge is 0.261 e. The SMILES string of the molecule is N#Cc1cn[nH]c1NC(=O)c1ccoc1Cl. The second-order valence-corrected chi connectivity index (χ2v) is 3.18. The fourth-order valence-electron chi connectivity index (χ4n) is 1.10. The van der Waals surface area contributed by atoms with Crippen LogP contribution in [0, 0.1) is 11.3 Å². The number of hydrogen-bond acceptors (Lipinski definition) is 4. The van der Waals surface area contributed by atoms with E-state index in [1.807, 2.05) is 6.07 Å². The molecule has 80 valence electrons. The molecule has 2 aromatic heterocycles. The van der Waals surface area contributed by atoms with E-state index >= 15 is 0 Å². The third-order valence-electron chi connectivity index (χ3n) is 1.86. The molecular weight excluding hydrogens is 232 g/mol. The first-order valence-electron chi connectivity index (χ1n) is 4.20. The number of carbonyl (C=O) groups excluding carboxylic acids is 1. The number of aromatic amines is 1. The van der Waals surface area contributed by atoms with Gasteiger partial charge in [0.05, 0.1) is 18.0 Å². The molecule has 2 aromatic rings. The van der Waals surface area contributed by atoms with Crippen LogP contribution in [0.3, 0.4) is 0 Å². The van der Waals surface area contributed by atoms with Crippen LogP contribution in [0.1, 0.15) is 15.9 Å². The highest BCUT2D eigenvalue weighted by molar-refractivity contribution is 6.32. The minimum absolute atomic E-state index is 0.00415. The lowest BCUT2D eigenvalue weighted by molar-refractivity contribution is 0.102. The van der Waals surface area contributed by atoms with Gasteiger partial charge in [-0.2, -0.15) is 10.4 Å². The van der Waals surface area contributed by atoms with E-state index in [1.54, 1.807) is 0 Å². The van der Waals surface area contributed by atoms with Crippen molar-refractivity contribution in [3.05, 3.63) is 34.9 Å². The van der Waals surface area contributed by atoms with Gasteiger partial charge in [0.1, 0.15) is 17.5 Å². The number of nitriles is 1. The second-order valence-electron chi connectivity index (χ2n) is 2.83. The molecule has 6 nitrogen and oxygen atoms in total. The second kappa shape index (κ2) is 4.08. The van der Waals surface area contributed by atoms with Crippen molar-refractivity contribution in [1.29, 1.82) is 5.26 Å². The monoisotopic (exact) mass is 236 g/mol. The van der Waals surface area contributed by atoms with E-state index in [9.17, 15) is 4.79 Å². The van der Waals surface area contributed by atoms with E-state index < -0.39 is 5.91 Å². The molecule has 0 spiro atoms. The molecular formula is C9H5ClN4O2. The van der Waals surface area contributed by atoms with Crippen LogP contribution in [0.2, 0.25) is 5.22 Å². The van der Waals surface area contributed by atoms with Crippen LogP contribution >= 0.6 is 11.6 Å². The number of anilines is 1. The van der Waals surface area contributed by atoms with Gasteiger partial charge in [0.25, 0.3) is 5.91 Å². The number of aromatic nitrogens is 2. The van der Waals surface area contributed by atoms with Crippen molar-refractivity contribution in [1.82, 2.24) is 10.2 Å². The van der Waals surface area contributed by atoms with Crippen molar-refractivity contribution >= 4 is 23.3 Å². The highest BCUT2D eigenvalue weighted by Gasteiger charge is 2.15. The van der Waals surface area contributed by atoms with Gasteiger partial charge in [-0.15, -0.1) is 0 Å². The van der Waals surface area contributed by atoms with Crippen molar-refractivity contribution in [2.45, 2.75) is 0 Å². The minimum Gasteiger partial charge on any atom is -0.452 e. The zero-order valence-electron chi connectivity index (χ0n) is 7.82. The molecule has 2 N–H and O–H groups in total. The summed E-state index contributed by atoms with van der Waals surface area (Å²) < 4.78 is 4.78. The number of hydrogen-bond donors (Lipinski definition) is 2. The normalized spacial score (nSPS) is 9.75. The number of amides is 1. The average Bonchev–Trinajstić information content (AvgIpc) is 2.86. The van der Waals surface area contributed by atoms with Gasteiger partial charge in [-0.1, -0.05) is 0 Å². The number of nitrogens with zero attached hydrogens (tertiary/aromatic N) is 2. The Morgan fingerprint density at radius 1 is 1.69 bits per heavy atom. The predicted molar refractivity (Wildman–Crippen MR) is 55.0 cm³/mol. The lowest BCUT2D eigenvalue weighted by Gasteiger charge is -2.00. The third kappa shape index (κ3) is 1.76. The first-order valence-corrected chi connectivity index (χ1v) is 4.58. The summed E-state index contributed by atoms with van der Waals surface area (Å²) in [5.41, 5.74) is 0.438. The summed E-state index contributed by atoms with van der Waals surface area (Å²) in [6, 6.07) is 3.31. The van der Waals surface area contributed by atoms with Gasteiger partial charge in [-0.05, 0) is 17.7 Å². The number of H-pyrrole nitrogens is 1. The lowest BCUT2D eigenvalue weighted by Crippen LogP contribution is -2.12. The molecule has 0 aromatic carbocycles. The van der Waals surface area contributed by atoms with Crippen LogP contribution in [-0.2, 0) is 0 Å². The van der Waals surface area contributed by atoms with E-state index in [4.69, 9.17) is 21.3 Å². The number of halogens is 1. The zero-order chi connectivity index (χ0) is 11.5. The van der Waals surface area contributed by atoms with Gasteiger partial charge < -0.3 is 9.73 Å².